The monoisotopic (exact) mass is 344 g/mol. The zero-order valence-electron chi connectivity index (χ0n) is 15.2. The van der Waals surface area contributed by atoms with Crippen molar-refractivity contribution in [3.05, 3.63) is 126 Å². The zero-order valence-corrected chi connectivity index (χ0v) is 15.2. The van der Waals surface area contributed by atoms with Crippen LogP contribution in [-0.4, -0.2) is 0 Å². The van der Waals surface area contributed by atoms with E-state index in [0.29, 0.717) is 6.42 Å². The first-order chi connectivity index (χ1) is 13.4. The van der Waals surface area contributed by atoms with Crippen molar-refractivity contribution in [2.24, 2.45) is 0 Å². The molecule has 0 spiro atoms. The van der Waals surface area contributed by atoms with Gasteiger partial charge in [0, 0.05) is 11.1 Å². The van der Waals surface area contributed by atoms with Crippen molar-refractivity contribution >= 4 is 5.57 Å². The molecule has 0 fully saturated rings. The molecule has 3 aromatic carbocycles. The van der Waals surface area contributed by atoms with Crippen molar-refractivity contribution in [1.29, 1.82) is 0 Å². The largest absolute Gasteiger partial charge is 0.103 e. The van der Waals surface area contributed by atoms with Gasteiger partial charge in [0.05, 0.1) is 5.57 Å². The van der Waals surface area contributed by atoms with E-state index in [1.807, 2.05) is 84.9 Å². The Hall–Kier alpha value is -3.74. The van der Waals surface area contributed by atoms with E-state index in [4.69, 9.17) is 0 Å². The van der Waals surface area contributed by atoms with Gasteiger partial charge in [-0.15, -0.1) is 6.58 Å². The van der Waals surface area contributed by atoms with Gasteiger partial charge < -0.3 is 0 Å². The van der Waals surface area contributed by atoms with Crippen molar-refractivity contribution < 1.29 is 0 Å². The minimum Gasteiger partial charge on any atom is -0.103 e. The average molecular weight is 344 g/mol. The maximum absolute atomic E-state index is 3.91. The van der Waals surface area contributed by atoms with Crippen LogP contribution in [0.4, 0.5) is 0 Å². The summed E-state index contributed by atoms with van der Waals surface area (Å²) >= 11 is 0. The lowest BCUT2D eigenvalue weighted by molar-refractivity contribution is 1.39. The highest BCUT2D eigenvalue weighted by Crippen LogP contribution is 2.22. The number of hydrogen-bond donors (Lipinski definition) is 0. The van der Waals surface area contributed by atoms with Gasteiger partial charge in [-0.3, -0.25) is 0 Å². The first-order valence-electron chi connectivity index (χ1n) is 8.90. The lowest BCUT2D eigenvalue weighted by Crippen LogP contribution is -1.89. The molecule has 0 nitrogen and oxygen atoms in total. The van der Waals surface area contributed by atoms with Crippen LogP contribution < -0.4 is 0 Å². The Labute approximate surface area is 161 Å². The third kappa shape index (κ3) is 5.37. The molecular weight excluding hydrogens is 324 g/mol. The molecule has 0 aliphatic carbocycles. The molecule has 0 bridgehead atoms. The molecule has 0 aliphatic heterocycles. The highest BCUT2D eigenvalue weighted by Gasteiger charge is 2.05. The number of rotatable bonds is 3. The second-order valence-electron chi connectivity index (χ2n) is 5.94. The summed E-state index contributed by atoms with van der Waals surface area (Å²) in [7, 11) is 0. The van der Waals surface area contributed by atoms with Gasteiger partial charge in [0.15, 0.2) is 0 Å². The van der Waals surface area contributed by atoms with E-state index in [2.05, 4.69) is 42.4 Å². The molecule has 27 heavy (non-hydrogen) atoms. The third-order valence-corrected chi connectivity index (χ3v) is 3.98. The second-order valence-corrected chi connectivity index (χ2v) is 5.94. The smallest absolute Gasteiger partial charge is 0.0792 e. The Morgan fingerprint density at radius 1 is 0.667 bits per heavy atom. The molecule has 128 valence electrons. The summed E-state index contributed by atoms with van der Waals surface area (Å²) in [5.74, 6) is 13.1. The molecule has 0 radical (unpaired) electrons. The van der Waals surface area contributed by atoms with E-state index in [-0.39, 0.29) is 0 Å². The minimum atomic E-state index is 0.715. The fourth-order valence-corrected chi connectivity index (χ4v) is 2.64. The van der Waals surface area contributed by atoms with Crippen LogP contribution in [0, 0.1) is 23.7 Å². The predicted octanol–water partition coefficient (Wildman–Crippen LogP) is 6.12. The van der Waals surface area contributed by atoms with Crippen molar-refractivity contribution in [2.45, 2.75) is 6.42 Å². The summed E-state index contributed by atoms with van der Waals surface area (Å²) in [5, 5.41) is 0. The Balaban J connectivity index is 2.12. The molecule has 0 atom stereocenters. The van der Waals surface area contributed by atoms with Crippen molar-refractivity contribution in [1.82, 2.24) is 0 Å². The van der Waals surface area contributed by atoms with Crippen molar-refractivity contribution in [3.8, 4) is 23.7 Å². The summed E-state index contributed by atoms with van der Waals surface area (Å²) in [4.78, 5) is 0. The fourth-order valence-electron chi connectivity index (χ4n) is 2.64. The Morgan fingerprint density at radius 3 is 1.56 bits per heavy atom. The number of hydrogen-bond acceptors (Lipinski definition) is 0. The van der Waals surface area contributed by atoms with Gasteiger partial charge in [0.25, 0.3) is 0 Å². The van der Waals surface area contributed by atoms with Crippen LogP contribution in [-0.2, 0) is 0 Å². The normalized spacial score (nSPS) is 9.19. The summed E-state index contributed by atoms with van der Waals surface area (Å²) in [6, 6.07) is 30.2. The fraction of sp³-hybridized carbons (Fsp3) is 0.0370. The van der Waals surface area contributed by atoms with Crippen LogP contribution >= 0.6 is 0 Å². The lowest BCUT2D eigenvalue weighted by Gasteiger charge is -2.06. The Bertz CT molecular complexity index is 973. The van der Waals surface area contributed by atoms with Crippen LogP contribution in [0.2, 0.25) is 0 Å². The van der Waals surface area contributed by atoms with Crippen LogP contribution in [0.1, 0.15) is 23.1 Å². The van der Waals surface area contributed by atoms with Gasteiger partial charge in [-0.25, -0.2) is 0 Å². The lowest BCUT2D eigenvalue weighted by atomic mass is 9.96. The zero-order chi connectivity index (χ0) is 18.7. The topological polar surface area (TPSA) is 0 Å². The summed E-state index contributed by atoms with van der Waals surface area (Å²) in [5.41, 5.74) is 4.99. The molecule has 0 saturated heterocycles. The molecule has 0 aliphatic rings. The van der Waals surface area contributed by atoms with E-state index >= 15 is 0 Å². The first-order valence-corrected chi connectivity index (χ1v) is 8.90. The molecule has 0 amide bonds. The molecule has 0 heteroatoms. The SMILES string of the molecule is C=CCC(=C(C#Cc1ccccc1)C#Cc1ccccc1)c1ccccc1. The molecule has 0 aromatic heterocycles. The van der Waals surface area contributed by atoms with Crippen molar-refractivity contribution in [3.63, 3.8) is 0 Å². The van der Waals surface area contributed by atoms with Gasteiger partial charge in [-0.2, -0.15) is 0 Å². The first kappa shape index (κ1) is 18.1. The van der Waals surface area contributed by atoms with E-state index < -0.39 is 0 Å². The highest BCUT2D eigenvalue weighted by molar-refractivity contribution is 5.78. The second kappa shape index (κ2) is 9.67. The standard InChI is InChI=1S/C27H20/c1-2-12-27(25-17-10-5-11-18-25)26(21-19-23-13-6-3-7-14-23)22-20-24-15-8-4-9-16-24/h2-11,13-18H,1,12H2. The van der Waals surface area contributed by atoms with E-state index in [1.165, 1.54) is 0 Å². The molecular formula is C27H20. The predicted molar refractivity (Wildman–Crippen MR) is 115 cm³/mol. The minimum absolute atomic E-state index is 0.715. The summed E-state index contributed by atoms with van der Waals surface area (Å²) in [6.45, 7) is 3.91. The highest BCUT2D eigenvalue weighted by atomic mass is 14.1. The quantitative estimate of drug-likeness (QED) is 0.397. The van der Waals surface area contributed by atoms with Gasteiger partial charge >= 0.3 is 0 Å². The molecule has 0 N–H and O–H groups in total. The van der Waals surface area contributed by atoms with Crippen LogP contribution in [0.15, 0.2) is 109 Å². The maximum atomic E-state index is 3.91. The third-order valence-electron chi connectivity index (χ3n) is 3.98. The Morgan fingerprint density at radius 2 is 1.11 bits per heavy atom. The van der Waals surface area contributed by atoms with Gasteiger partial charge in [0.1, 0.15) is 0 Å². The maximum Gasteiger partial charge on any atom is 0.0792 e. The molecule has 0 saturated carbocycles. The van der Waals surface area contributed by atoms with E-state index in [0.717, 1.165) is 27.8 Å². The van der Waals surface area contributed by atoms with Crippen LogP contribution in [0.3, 0.4) is 0 Å². The van der Waals surface area contributed by atoms with Gasteiger partial charge in [-0.1, -0.05) is 96.5 Å². The Kier molecular flexibility index (Phi) is 6.47. The molecule has 3 rings (SSSR count). The molecule has 0 heterocycles. The van der Waals surface area contributed by atoms with E-state index in [1.54, 1.807) is 0 Å². The number of allylic oxidation sites excluding steroid dienone is 3. The van der Waals surface area contributed by atoms with Crippen LogP contribution in [0.5, 0.6) is 0 Å². The molecule has 0 unspecified atom stereocenters. The van der Waals surface area contributed by atoms with Crippen molar-refractivity contribution in [2.75, 3.05) is 0 Å². The van der Waals surface area contributed by atoms with Crippen LogP contribution in [0.25, 0.3) is 5.57 Å². The van der Waals surface area contributed by atoms with Gasteiger partial charge in [-0.05, 0) is 41.8 Å². The van der Waals surface area contributed by atoms with E-state index in [9.17, 15) is 0 Å². The van der Waals surface area contributed by atoms with Gasteiger partial charge in [0.2, 0.25) is 0 Å². The average Bonchev–Trinajstić information content (AvgIpc) is 2.75. The molecule has 3 aromatic rings. The summed E-state index contributed by atoms with van der Waals surface area (Å²) in [6.07, 6.45) is 2.61. The summed E-state index contributed by atoms with van der Waals surface area (Å²) < 4.78 is 0. The number of benzene rings is 3.